The number of aromatic nitrogens is 7. The van der Waals surface area contributed by atoms with Gasteiger partial charge in [-0.1, -0.05) is 66.6 Å². The summed E-state index contributed by atoms with van der Waals surface area (Å²) in [4.78, 5) is 74.7. The van der Waals surface area contributed by atoms with Crippen molar-refractivity contribution in [2.75, 3.05) is 54.5 Å². The van der Waals surface area contributed by atoms with Crippen LogP contribution in [0.5, 0.6) is 5.75 Å². The standard InChI is InChI=1S/C55H57ClN14O7/c1-34-39(40-9-5-11-42(48(40)56)64-51(73)44-22-18-37(32-62-44)33-69-27-3-2-12-45(69)52(74)75)8-4-10-41(34)63-50(72)43-21-17-36(31-61-43)30-58-25-26-59-47(71)14-7-28-76-38-19-15-35(16-20-38)23-24-60-54-66-53(57)70-55(67-54)65-49(68-70)46-13-6-29-77-46/h4-6,8-11,13,15-22,29,31-32,45,58H,2-3,7,12,14,23-28,30,33H2,1H3,(H,59,71)(H,63,72)(H,64,73)(H,74,75)(H3,57,60,65,66,67,68)/t45-/m0/s1. The Bertz CT molecular complexity index is 3340. The number of furan rings is 1. The van der Waals surface area contributed by atoms with Gasteiger partial charge < -0.3 is 46.6 Å². The van der Waals surface area contributed by atoms with Crippen molar-refractivity contribution in [3.05, 3.63) is 154 Å². The molecule has 0 spiro atoms. The lowest BCUT2D eigenvalue weighted by atomic mass is 9.98. The maximum absolute atomic E-state index is 13.4. The second-order valence-electron chi connectivity index (χ2n) is 18.3. The normalized spacial score (nSPS) is 13.5. The lowest BCUT2D eigenvalue weighted by molar-refractivity contribution is -0.144. The minimum Gasteiger partial charge on any atom is -0.494 e. The van der Waals surface area contributed by atoms with E-state index in [0.29, 0.717) is 123 Å². The number of rotatable bonds is 23. The number of nitrogens with zero attached hydrogens (tertiary/aromatic N) is 8. The molecular formula is C55H57ClN14O7. The van der Waals surface area contributed by atoms with Crippen LogP contribution in [0.1, 0.15) is 75.3 Å². The van der Waals surface area contributed by atoms with Crippen molar-refractivity contribution >= 4 is 64.3 Å². The molecule has 8 aromatic rings. The fourth-order valence-corrected chi connectivity index (χ4v) is 9.06. The van der Waals surface area contributed by atoms with Gasteiger partial charge in [0.25, 0.3) is 17.6 Å². The molecule has 1 saturated heterocycles. The topological polar surface area (TPSA) is 282 Å². The SMILES string of the molecule is Cc1c(NC(=O)c2ccc(CNCCNC(=O)CCCOc3ccc(CCNc4nc(N)n5nc(-c6ccco6)nc5n4)cc3)cn2)cccc1-c1cccc(NC(=O)c2ccc(CN3CCCC[C@H]3C(=O)O)cn2)c1Cl. The highest BCUT2D eigenvalue weighted by Crippen LogP contribution is 2.38. The predicted molar refractivity (Wildman–Crippen MR) is 290 cm³/mol. The minimum atomic E-state index is -0.827. The number of carbonyl (C=O) groups is 4. The summed E-state index contributed by atoms with van der Waals surface area (Å²) in [7, 11) is 0. The van der Waals surface area contributed by atoms with Crippen LogP contribution in [-0.4, -0.2) is 107 Å². The van der Waals surface area contributed by atoms with Crippen LogP contribution in [0.2, 0.25) is 5.02 Å². The Morgan fingerprint density at radius 1 is 0.805 bits per heavy atom. The quantitative estimate of drug-likeness (QED) is 0.0306. The number of benzene rings is 3. The van der Waals surface area contributed by atoms with Gasteiger partial charge in [-0.15, -0.1) is 5.10 Å². The van der Waals surface area contributed by atoms with Crippen LogP contribution >= 0.6 is 11.6 Å². The Hall–Kier alpha value is -8.79. The average molecular weight is 1060 g/mol. The fourth-order valence-electron chi connectivity index (χ4n) is 8.78. The number of nitrogen functional groups attached to an aromatic ring is 1. The molecule has 8 N–H and O–H groups in total. The van der Waals surface area contributed by atoms with E-state index in [-0.39, 0.29) is 29.2 Å². The number of halogens is 1. The van der Waals surface area contributed by atoms with E-state index in [0.717, 1.165) is 40.7 Å². The van der Waals surface area contributed by atoms with E-state index in [9.17, 15) is 24.3 Å². The Kier molecular flexibility index (Phi) is 17.3. The molecule has 396 valence electrons. The molecule has 22 heteroatoms. The number of likely N-dealkylation sites (tertiary alicyclic amines) is 1. The molecule has 5 aromatic heterocycles. The number of carboxylic acid groups (broad SMARTS) is 1. The van der Waals surface area contributed by atoms with Gasteiger partial charge in [0.15, 0.2) is 5.76 Å². The molecule has 21 nitrogen and oxygen atoms in total. The van der Waals surface area contributed by atoms with Gasteiger partial charge in [0.2, 0.25) is 23.6 Å². The first-order valence-corrected chi connectivity index (χ1v) is 25.6. The van der Waals surface area contributed by atoms with Gasteiger partial charge in [0, 0.05) is 62.8 Å². The van der Waals surface area contributed by atoms with E-state index < -0.39 is 17.9 Å². The van der Waals surface area contributed by atoms with Crippen molar-refractivity contribution in [3.63, 3.8) is 0 Å². The molecule has 0 unspecified atom stereocenters. The molecule has 6 heterocycles. The van der Waals surface area contributed by atoms with Gasteiger partial charge in [-0.05, 0) is 115 Å². The van der Waals surface area contributed by atoms with E-state index >= 15 is 0 Å². The summed E-state index contributed by atoms with van der Waals surface area (Å²) < 4.78 is 12.6. The Morgan fingerprint density at radius 2 is 1.53 bits per heavy atom. The number of carboxylic acids is 1. The summed E-state index contributed by atoms with van der Waals surface area (Å²) in [5.74, 6) is 0.665. The molecule has 0 bridgehead atoms. The molecule has 0 saturated carbocycles. The molecular weight excluding hydrogens is 1000 g/mol. The summed E-state index contributed by atoms with van der Waals surface area (Å²) >= 11 is 6.92. The van der Waals surface area contributed by atoms with Gasteiger partial charge in [0.05, 0.1) is 23.6 Å². The first-order chi connectivity index (χ1) is 37.4. The number of nitrogens with one attached hydrogen (secondary N) is 5. The molecule has 0 radical (unpaired) electrons. The number of hydrogen-bond donors (Lipinski definition) is 7. The van der Waals surface area contributed by atoms with Crippen LogP contribution in [0, 0.1) is 6.92 Å². The predicted octanol–water partition coefficient (Wildman–Crippen LogP) is 7.44. The Morgan fingerprint density at radius 3 is 2.26 bits per heavy atom. The molecule has 77 heavy (non-hydrogen) atoms. The molecule has 9 rings (SSSR count). The number of pyridine rings is 2. The highest BCUT2D eigenvalue weighted by molar-refractivity contribution is 6.36. The van der Waals surface area contributed by atoms with Gasteiger partial charge in [0.1, 0.15) is 23.2 Å². The second-order valence-corrected chi connectivity index (χ2v) is 18.7. The number of nitrogens with two attached hydrogens (primary N) is 1. The number of ether oxygens (including phenoxy) is 1. The third-order valence-corrected chi connectivity index (χ3v) is 13.3. The fraction of sp³-hybridized carbons (Fsp3) is 0.273. The molecule has 1 aliphatic rings. The molecule has 1 fully saturated rings. The third kappa shape index (κ3) is 13.7. The maximum atomic E-state index is 13.4. The number of anilines is 4. The largest absolute Gasteiger partial charge is 0.494 e. The van der Waals surface area contributed by atoms with Crippen molar-refractivity contribution in [1.29, 1.82) is 0 Å². The number of hydrogen-bond acceptors (Lipinski definition) is 16. The highest BCUT2D eigenvalue weighted by atomic mass is 35.5. The molecule has 3 aromatic carbocycles. The number of amides is 3. The van der Waals surface area contributed by atoms with Crippen LogP contribution in [0.25, 0.3) is 28.5 Å². The van der Waals surface area contributed by atoms with Crippen LogP contribution in [0.3, 0.4) is 0 Å². The molecule has 0 aliphatic carbocycles. The summed E-state index contributed by atoms with van der Waals surface area (Å²) in [5.41, 5.74) is 12.4. The van der Waals surface area contributed by atoms with Crippen LogP contribution in [0.15, 0.2) is 120 Å². The zero-order valence-electron chi connectivity index (χ0n) is 42.2. The van der Waals surface area contributed by atoms with Crippen LogP contribution < -0.4 is 37.1 Å². The van der Waals surface area contributed by atoms with E-state index in [1.165, 1.54) is 4.52 Å². The molecule has 1 aliphatic heterocycles. The summed E-state index contributed by atoms with van der Waals surface area (Å²) in [6.45, 7) is 5.43. The van der Waals surface area contributed by atoms with Crippen molar-refractivity contribution < 1.29 is 33.4 Å². The van der Waals surface area contributed by atoms with Crippen molar-refractivity contribution in [3.8, 4) is 28.5 Å². The highest BCUT2D eigenvalue weighted by Gasteiger charge is 2.28. The van der Waals surface area contributed by atoms with E-state index in [4.69, 9.17) is 26.5 Å². The van der Waals surface area contributed by atoms with Crippen molar-refractivity contribution in [2.24, 2.45) is 0 Å². The second kappa shape index (κ2) is 25.2. The molecule has 3 amide bonds. The van der Waals surface area contributed by atoms with Crippen molar-refractivity contribution in [2.45, 2.75) is 64.6 Å². The number of fused-ring (bicyclic) bond motifs is 1. The van der Waals surface area contributed by atoms with Crippen molar-refractivity contribution in [1.82, 2.24) is 50.1 Å². The average Bonchev–Trinajstić information content (AvgIpc) is 4.14. The van der Waals surface area contributed by atoms with Gasteiger partial charge >= 0.3 is 5.97 Å². The maximum Gasteiger partial charge on any atom is 0.320 e. The number of piperidine rings is 1. The first-order valence-electron chi connectivity index (χ1n) is 25.2. The third-order valence-electron chi connectivity index (χ3n) is 12.9. The Balaban J connectivity index is 0.655. The van der Waals surface area contributed by atoms with Crippen LogP contribution in [0.4, 0.5) is 23.3 Å². The minimum absolute atomic E-state index is 0.0657. The molecule has 1 atom stereocenters. The van der Waals surface area contributed by atoms with Crippen LogP contribution in [-0.2, 0) is 29.1 Å². The van der Waals surface area contributed by atoms with E-state index in [1.807, 2.05) is 60.4 Å². The van der Waals surface area contributed by atoms with E-state index in [2.05, 4.69) is 56.6 Å². The zero-order valence-corrected chi connectivity index (χ0v) is 42.9. The monoisotopic (exact) mass is 1060 g/mol. The summed E-state index contributed by atoms with van der Waals surface area (Å²) in [6, 6.07) is 28.5. The smallest absolute Gasteiger partial charge is 0.320 e. The van der Waals surface area contributed by atoms with Gasteiger partial charge in [-0.25, -0.2) is 0 Å². The zero-order chi connectivity index (χ0) is 53.7. The number of aliphatic carboxylic acids is 1. The lowest BCUT2D eigenvalue weighted by Crippen LogP contribution is -2.44. The summed E-state index contributed by atoms with van der Waals surface area (Å²) in [6.07, 6.45) is 8.80. The summed E-state index contributed by atoms with van der Waals surface area (Å²) in [5, 5.41) is 29.5. The number of carbonyl (C=O) groups excluding carboxylic acids is 3. The van der Waals surface area contributed by atoms with Gasteiger partial charge in [-0.3, -0.25) is 34.0 Å². The Labute approximate surface area is 448 Å². The first kappa shape index (κ1) is 53.1. The lowest BCUT2D eigenvalue weighted by Gasteiger charge is -2.32. The van der Waals surface area contributed by atoms with E-state index in [1.54, 1.807) is 67.2 Å². The van der Waals surface area contributed by atoms with Gasteiger partial charge in [-0.2, -0.15) is 19.5 Å².